The number of alkyl halides is 3. The van der Waals surface area contributed by atoms with Gasteiger partial charge in [-0.3, -0.25) is 14.0 Å². The second-order valence-electron chi connectivity index (χ2n) is 7.54. The van der Waals surface area contributed by atoms with Crippen LogP contribution in [0.1, 0.15) is 18.2 Å². The molecule has 0 aliphatic carbocycles. The van der Waals surface area contributed by atoms with Crippen molar-refractivity contribution in [2.24, 2.45) is 0 Å². The Morgan fingerprint density at radius 2 is 1.91 bits per heavy atom. The second-order valence-corrected chi connectivity index (χ2v) is 8.88. The summed E-state index contributed by atoms with van der Waals surface area (Å²) in [5.74, 6) is -0.716. The summed E-state index contributed by atoms with van der Waals surface area (Å²) in [5.41, 5.74) is 1.41. The molecule has 0 spiro atoms. The van der Waals surface area contributed by atoms with E-state index in [2.05, 4.69) is 9.97 Å². The molecule has 35 heavy (non-hydrogen) atoms. The Morgan fingerprint density at radius 1 is 1.20 bits per heavy atom. The first-order chi connectivity index (χ1) is 16.5. The number of fused-ring (bicyclic) bond motifs is 1. The second kappa shape index (κ2) is 10.8. The highest BCUT2D eigenvalue weighted by Gasteiger charge is 2.29. The molecule has 0 radical (unpaired) electrons. The minimum absolute atomic E-state index is 0.0174. The van der Waals surface area contributed by atoms with Gasteiger partial charge < -0.3 is 14.4 Å². The molecule has 1 atom stereocenters. The van der Waals surface area contributed by atoms with E-state index in [0.29, 0.717) is 16.6 Å². The van der Waals surface area contributed by atoms with Crippen molar-refractivity contribution in [3.8, 4) is 5.75 Å². The average Bonchev–Trinajstić information content (AvgIpc) is 3.18. The fraction of sp³-hybridized carbons (Fsp3) is 0.364. The third-order valence-corrected chi connectivity index (χ3v) is 6.12. The van der Waals surface area contributed by atoms with Crippen LogP contribution in [0.25, 0.3) is 11.0 Å². The van der Waals surface area contributed by atoms with Gasteiger partial charge in [0.1, 0.15) is 12.4 Å². The van der Waals surface area contributed by atoms with Crippen LogP contribution in [0.3, 0.4) is 0 Å². The maximum absolute atomic E-state index is 13.3. The first kappa shape index (κ1) is 26.1. The Bertz CT molecular complexity index is 1260. The smallest absolute Gasteiger partial charge is 0.422 e. The van der Waals surface area contributed by atoms with Gasteiger partial charge in [-0.15, -0.1) is 0 Å². The molecule has 1 aromatic carbocycles. The largest absolute Gasteiger partial charge is 0.484 e. The number of halogens is 3. The highest BCUT2D eigenvalue weighted by atomic mass is 32.2. The zero-order valence-corrected chi connectivity index (χ0v) is 20.0. The van der Waals surface area contributed by atoms with Crippen LogP contribution in [-0.2, 0) is 26.1 Å². The average molecular weight is 513 g/mol. The lowest BCUT2D eigenvalue weighted by Gasteiger charge is -2.19. The van der Waals surface area contributed by atoms with Crippen LogP contribution < -0.4 is 4.74 Å². The third kappa shape index (κ3) is 6.56. The minimum Gasteiger partial charge on any atom is -0.484 e. The van der Waals surface area contributed by atoms with Gasteiger partial charge in [0.25, 0.3) is 0 Å². The summed E-state index contributed by atoms with van der Waals surface area (Å²) >= 11 is 0. The first-order valence-electron chi connectivity index (χ1n) is 10.4. The SMILES string of the molecule is CC(=O)OCCN(C)C(=O)n1c(S(=O)Cc2nccc(OCC(F)(F)F)c2C)nc2ccccc21. The van der Waals surface area contributed by atoms with Crippen molar-refractivity contribution in [2.75, 3.05) is 26.8 Å². The molecule has 2 heterocycles. The molecule has 0 saturated heterocycles. The van der Waals surface area contributed by atoms with Crippen molar-refractivity contribution in [3.63, 3.8) is 0 Å². The molecule has 3 rings (SSSR count). The van der Waals surface area contributed by atoms with E-state index in [1.165, 1.54) is 42.6 Å². The Balaban J connectivity index is 1.89. The quantitative estimate of drug-likeness (QED) is 0.426. The number of rotatable bonds is 8. The highest BCUT2D eigenvalue weighted by molar-refractivity contribution is 7.84. The molecule has 9 nitrogen and oxygen atoms in total. The molecular weight excluding hydrogens is 489 g/mol. The van der Waals surface area contributed by atoms with Gasteiger partial charge in [-0.2, -0.15) is 13.2 Å². The predicted octanol–water partition coefficient (Wildman–Crippen LogP) is 3.45. The molecule has 188 valence electrons. The fourth-order valence-electron chi connectivity index (χ4n) is 3.14. The van der Waals surface area contributed by atoms with Crippen LogP contribution >= 0.6 is 0 Å². The number of imidazole rings is 1. The van der Waals surface area contributed by atoms with Crippen LogP contribution in [0.2, 0.25) is 0 Å². The van der Waals surface area contributed by atoms with E-state index >= 15 is 0 Å². The van der Waals surface area contributed by atoms with Crippen molar-refractivity contribution < 1.29 is 36.4 Å². The number of likely N-dealkylation sites (N-methyl/N-ethyl adjacent to an activating group) is 1. The molecule has 0 N–H and O–H groups in total. The van der Waals surface area contributed by atoms with Crippen LogP contribution in [0.4, 0.5) is 18.0 Å². The molecule has 0 saturated carbocycles. The molecule has 13 heteroatoms. The van der Waals surface area contributed by atoms with Crippen molar-refractivity contribution in [3.05, 3.63) is 47.8 Å². The van der Waals surface area contributed by atoms with Crippen LogP contribution in [0, 0.1) is 6.92 Å². The molecule has 2 aromatic heterocycles. The van der Waals surface area contributed by atoms with Gasteiger partial charge in [0.2, 0.25) is 5.16 Å². The first-order valence-corrected chi connectivity index (χ1v) is 11.7. The Labute approximate surface area is 201 Å². The lowest BCUT2D eigenvalue weighted by Crippen LogP contribution is -2.35. The van der Waals surface area contributed by atoms with E-state index in [0.717, 1.165) is 0 Å². The topological polar surface area (TPSA) is 104 Å². The van der Waals surface area contributed by atoms with Crippen LogP contribution in [0.15, 0.2) is 41.7 Å². The van der Waals surface area contributed by atoms with Gasteiger partial charge in [0.05, 0.1) is 39.8 Å². The number of esters is 1. The summed E-state index contributed by atoms with van der Waals surface area (Å²) in [6.07, 6.45) is -3.24. The summed E-state index contributed by atoms with van der Waals surface area (Å²) < 4.78 is 61.9. The normalized spacial score (nSPS) is 12.4. The number of ether oxygens (including phenoxy) is 2. The predicted molar refractivity (Wildman–Crippen MR) is 120 cm³/mol. The van der Waals surface area contributed by atoms with Crippen molar-refractivity contribution in [1.29, 1.82) is 0 Å². The number of hydrogen-bond acceptors (Lipinski definition) is 7. The van der Waals surface area contributed by atoms with Gasteiger partial charge in [0, 0.05) is 25.7 Å². The molecule has 0 aliphatic rings. The summed E-state index contributed by atoms with van der Waals surface area (Å²) in [5, 5.41) is -0.0432. The molecule has 0 fully saturated rings. The summed E-state index contributed by atoms with van der Waals surface area (Å²) in [7, 11) is -0.389. The van der Waals surface area contributed by atoms with E-state index in [1.54, 1.807) is 24.3 Å². The molecule has 1 unspecified atom stereocenters. The molecule has 0 bridgehead atoms. The summed E-state index contributed by atoms with van der Waals surface area (Å²) in [6.45, 7) is 1.38. The summed E-state index contributed by atoms with van der Waals surface area (Å²) in [4.78, 5) is 34.0. The number of carbonyl (C=O) groups excluding carboxylic acids is 2. The van der Waals surface area contributed by atoms with E-state index in [9.17, 15) is 27.0 Å². The highest BCUT2D eigenvalue weighted by Crippen LogP contribution is 2.26. The Kier molecular flexibility index (Phi) is 8.10. The number of benzene rings is 1. The van der Waals surface area contributed by atoms with Crippen molar-refractivity contribution in [2.45, 2.75) is 30.9 Å². The number of aromatic nitrogens is 3. The lowest BCUT2D eigenvalue weighted by molar-refractivity contribution is -0.153. The Hall–Kier alpha value is -3.48. The van der Waals surface area contributed by atoms with Gasteiger partial charge >= 0.3 is 18.2 Å². The van der Waals surface area contributed by atoms with Gasteiger partial charge in [-0.05, 0) is 25.1 Å². The standard InChI is InChI=1S/C22H23F3N4O5S/c1-14-17(26-9-8-19(14)34-13-22(23,24)25)12-35(32)20-27-16-6-4-5-7-18(16)29(20)21(31)28(3)10-11-33-15(2)30/h4-9H,10-13H2,1-3H3. The maximum Gasteiger partial charge on any atom is 0.422 e. The monoisotopic (exact) mass is 512 g/mol. The van der Waals surface area contributed by atoms with Crippen molar-refractivity contribution >= 4 is 33.8 Å². The van der Waals surface area contributed by atoms with E-state index in [1.807, 2.05) is 0 Å². The zero-order chi connectivity index (χ0) is 25.8. The molecular formula is C22H23F3N4O5S. The van der Waals surface area contributed by atoms with Gasteiger partial charge in [-0.1, -0.05) is 12.1 Å². The van der Waals surface area contributed by atoms with Crippen LogP contribution in [-0.4, -0.2) is 68.6 Å². The van der Waals surface area contributed by atoms with Crippen LogP contribution in [0.5, 0.6) is 5.75 Å². The number of nitrogens with zero attached hydrogens (tertiary/aromatic N) is 4. The number of hydrogen-bond donors (Lipinski definition) is 0. The molecule has 0 aliphatic heterocycles. The minimum atomic E-state index is -4.51. The van der Waals surface area contributed by atoms with E-state index in [-0.39, 0.29) is 35.5 Å². The maximum atomic E-state index is 13.3. The number of pyridine rings is 1. The lowest BCUT2D eigenvalue weighted by atomic mass is 10.2. The third-order valence-electron chi connectivity index (χ3n) is 4.90. The molecule has 3 aromatic rings. The molecule has 1 amide bonds. The Morgan fingerprint density at radius 3 is 2.60 bits per heavy atom. The van der Waals surface area contributed by atoms with E-state index in [4.69, 9.17) is 9.47 Å². The van der Waals surface area contributed by atoms with Gasteiger partial charge in [0.15, 0.2) is 6.61 Å². The zero-order valence-electron chi connectivity index (χ0n) is 19.2. The number of para-hydroxylation sites is 2. The van der Waals surface area contributed by atoms with Gasteiger partial charge in [-0.25, -0.2) is 14.3 Å². The summed E-state index contributed by atoms with van der Waals surface area (Å²) in [6, 6.07) is 7.48. The number of carbonyl (C=O) groups is 2. The number of amides is 1. The van der Waals surface area contributed by atoms with Crippen molar-refractivity contribution in [1.82, 2.24) is 19.4 Å². The fourth-order valence-corrected chi connectivity index (χ4v) is 4.39. The van der Waals surface area contributed by atoms with E-state index < -0.39 is 35.6 Å².